The topological polar surface area (TPSA) is 112 Å². The van der Waals surface area contributed by atoms with Gasteiger partial charge in [0.05, 0.1) is 24.8 Å². The van der Waals surface area contributed by atoms with E-state index in [0.717, 1.165) is 11.1 Å². The number of imidazole rings is 1. The molecular weight excluding hydrogens is 414 g/mol. The third-order valence-corrected chi connectivity index (χ3v) is 5.17. The number of anilines is 1. The molecule has 0 saturated carbocycles. The van der Waals surface area contributed by atoms with E-state index in [4.69, 9.17) is 10.6 Å². The second-order valence-electron chi connectivity index (χ2n) is 6.13. The molecule has 0 atom stereocenters. The van der Waals surface area contributed by atoms with Gasteiger partial charge in [0.1, 0.15) is 5.75 Å². The van der Waals surface area contributed by atoms with Gasteiger partial charge < -0.3 is 15.1 Å². The van der Waals surface area contributed by atoms with Gasteiger partial charge in [-0.1, -0.05) is 30.3 Å². The summed E-state index contributed by atoms with van der Waals surface area (Å²) in [6, 6.07) is 14.6. The van der Waals surface area contributed by atoms with Crippen LogP contribution in [0.15, 0.2) is 71.2 Å². The molecule has 8 nitrogen and oxygen atoms in total. The number of ether oxygens (including phenoxy) is 1. The van der Waals surface area contributed by atoms with Crippen molar-refractivity contribution in [3.05, 3.63) is 72.2 Å². The first-order valence-corrected chi connectivity index (χ1v) is 10.0. The monoisotopic (exact) mass is 435 g/mol. The number of hydrogen-bond donors (Lipinski definition) is 2. The number of hydrazone groups is 1. The Labute approximate surface area is 175 Å². The van der Waals surface area contributed by atoms with Crippen molar-refractivity contribution in [2.24, 2.45) is 18.0 Å². The van der Waals surface area contributed by atoms with Crippen LogP contribution >= 0.6 is 12.4 Å². The molecule has 3 N–H and O–H groups in total. The fraction of sp³-hybridized carbons (Fsp3) is 0.158. The van der Waals surface area contributed by atoms with E-state index >= 15 is 0 Å². The molecule has 0 aliphatic rings. The van der Waals surface area contributed by atoms with Crippen LogP contribution in [0.3, 0.4) is 0 Å². The number of rotatable bonds is 8. The molecule has 3 rings (SSSR count). The highest BCUT2D eigenvalue weighted by molar-refractivity contribution is 7.92. The first-order valence-electron chi connectivity index (χ1n) is 8.52. The lowest BCUT2D eigenvalue weighted by Gasteiger charge is -2.10. The number of aryl methyl sites for hydroxylation is 1. The number of nitrogens with zero attached hydrogens (tertiary/aromatic N) is 3. The Hall–Kier alpha value is -3.04. The van der Waals surface area contributed by atoms with Crippen molar-refractivity contribution < 1.29 is 13.2 Å². The van der Waals surface area contributed by atoms with Gasteiger partial charge in [0.25, 0.3) is 10.0 Å². The highest BCUT2D eigenvalue weighted by Crippen LogP contribution is 2.20. The van der Waals surface area contributed by atoms with Crippen LogP contribution in [0, 0.1) is 0 Å². The largest absolute Gasteiger partial charge is 0.493 e. The van der Waals surface area contributed by atoms with Crippen LogP contribution in [0.1, 0.15) is 11.1 Å². The van der Waals surface area contributed by atoms with E-state index in [-0.39, 0.29) is 17.4 Å². The van der Waals surface area contributed by atoms with E-state index in [1.807, 2.05) is 24.3 Å². The van der Waals surface area contributed by atoms with E-state index in [2.05, 4.69) is 14.8 Å². The zero-order valence-corrected chi connectivity index (χ0v) is 17.4. The second-order valence-corrected chi connectivity index (χ2v) is 7.76. The summed E-state index contributed by atoms with van der Waals surface area (Å²) < 4.78 is 34.5. The van der Waals surface area contributed by atoms with Crippen molar-refractivity contribution in [2.75, 3.05) is 11.3 Å². The molecule has 0 radical (unpaired) electrons. The lowest BCUT2D eigenvalue weighted by Crippen LogP contribution is -2.13. The molecule has 0 bridgehead atoms. The highest BCUT2D eigenvalue weighted by atomic mass is 35.5. The summed E-state index contributed by atoms with van der Waals surface area (Å²) in [5.74, 6) is 5.71. The molecular formula is C19H22ClN5O3S. The van der Waals surface area contributed by atoms with E-state index in [1.165, 1.54) is 12.5 Å². The van der Waals surface area contributed by atoms with Gasteiger partial charge in [0, 0.05) is 25.7 Å². The molecule has 0 aliphatic heterocycles. The minimum atomic E-state index is -3.74. The molecule has 1 heterocycles. The molecule has 0 fully saturated rings. The Morgan fingerprint density at radius 1 is 1.24 bits per heavy atom. The predicted octanol–water partition coefficient (Wildman–Crippen LogP) is 2.56. The zero-order valence-electron chi connectivity index (χ0n) is 15.7. The van der Waals surface area contributed by atoms with Crippen molar-refractivity contribution >= 4 is 34.3 Å². The highest BCUT2D eigenvalue weighted by Gasteiger charge is 2.17. The first-order chi connectivity index (χ1) is 13.5. The van der Waals surface area contributed by atoms with Gasteiger partial charge in [-0.3, -0.25) is 4.72 Å². The van der Waals surface area contributed by atoms with Gasteiger partial charge >= 0.3 is 0 Å². The average Bonchev–Trinajstić information content (AvgIpc) is 3.11. The lowest BCUT2D eigenvalue weighted by molar-refractivity contribution is 0.322. The number of nitrogens with one attached hydrogen (secondary N) is 1. The molecule has 0 aliphatic carbocycles. The van der Waals surface area contributed by atoms with Gasteiger partial charge in [-0.15, -0.1) is 12.4 Å². The summed E-state index contributed by atoms with van der Waals surface area (Å²) in [7, 11) is -2.03. The summed E-state index contributed by atoms with van der Waals surface area (Å²) in [5.41, 5.74) is 2.45. The molecule has 0 spiro atoms. The third-order valence-electron chi connectivity index (χ3n) is 3.91. The maximum absolute atomic E-state index is 12.4. The van der Waals surface area contributed by atoms with Crippen LogP contribution in [-0.2, 0) is 23.5 Å². The van der Waals surface area contributed by atoms with Crippen molar-refractivity contribution in [1.82, 2.24) is 9.55 Å². The molecule has 154 valence electrons. The second kappa shape index (κ2) is 9.94. The average molecular weight is 436 g/mol. The van der Waals surface area contributed by atoms with Crippen LogP contribution in [0.2, 0.25) is 0 Å². The Morgan fingerprint density at radius 3 is 2.66 bits per heavy atom. The maximum Gasteiger partial charge on any atom is 0.280 e. The van der Waals surface area contributed by atoms with Crippen LogP contribution in [0.25, 0.3) is 0 Å². The fourth-order valence-electron chi connectivity index (χ4n) is 2.53. The summed E-state index contributed by atoms with van der Waals surface area (Å²) in [4.78, 5) is 3.87. The van der Waals surface area contributed by atoms with Crippen molar-refractivity contribution in [1.29, 1.82) is 0 Å². The minimum Gasteiger partial charge on any atom is -0.493 e. The maximum atomic E-state index is 12.4. The number of nitrogens with two attached hydrogens (primary N) is 1. The van der Waals surface area contributed by atoms with Crippen LogP contribution < -0.4 is 15.3 Å². The van der Waals surface area contributed by atoms with Crippen LogP contribution in [0.5, 0.6) is 5.75 Å². The number of hydrogen-bond acceptors (Lipinski definition) is 6. The van der Waals surface area contributed by atoms with Crippen molar-refractivity contribution in [3.63, 3.8) is 0 Å². The number of halogens is 1. The summed E-state index contributed by atoms with van der Waals surface area (Å²) in [6.07, 6.45) is 5.17. The Bertz CT molecular complexity index is 1070. The van der Waals surface area contributed by atoms with Gasteiger partial charge in [0.15, 0.2) is 5.03 Å². The SMILES string of the molecule is Cl.Cn1cnc(S(=O)(=O)Nc2cccc(OCCc3ccc(/C=N\N)cc3)c2)c1. The lowest BCUT2D eigenvalue weighted by atomic mass is 10.1. The number of aromatic nitrogens is 2. The normalized spacial score (nSPS) is 11.2. The minimum absolute atomic E-state index is 0. The van der Waals surface area contributed by atoms with Crippen molar-refractivity contribution in [2.45, 2.75) is 11.4 Å². The molecule has 29 heavy (non-hydrogen) atoms. The van der Waals surface area contributed by atoms with Gasteiger partial charge in [-0.2, -0.15) is 13.5 Å². The van der Waals surface area contributed by atoms with Gasteiger partial charge in [-0.05, 0) is 23.3 Å². The molecule has 0 amide bonds. The van der Waals surface area contributed by atoms with E-state index in [9.17, 15) is 8.42 Å². The standard InChI is InChI=1S/C19H21N5O3S.ClH/c1-24-13-19(21-14-24)28(25,26)23-17-3-2-4-18(11-17)27-10-9-15-5-7-16(8-6-15)12-22-20;/h2-8,11-14,23H,9-10,20H2,1H3;1H/b22-12-;. The Kier molecular flexibility index (Phi) is 7.63. The third kappa shape index (κ3) is 6.23. The van der Waals surface area contributed by atoms with Gasteiger partial charge in [-0.25, -0.2) is 4.98 Å². The Morgan fingerprint density at radius 2 is 2.00 bits per heavy atom. The van der Waals surface area contributed by atoms with Crippen LogP contribution in [0.4, 0.5) is 5.69 Å². The zero-order chi connectivity index (χ0) is 20.0. The number of sulfonamides is 1. The quantitative estimate of drug-likeness (QED) is 0.321. The first kappa shape index (κ1) is 22.3. The molecule has 3 aromatic rings. The van der Waals surface area contributed by atoms with E-state index in [0.29, 0.717) is 24.5 Å². The van der Waals surface area contributed by atoms with Gasteiger partial charge in [0.2, 0.25) is 0 Å². The van der Waals surface area contributed by atoms with Crippen LogP contribution in [-0.4, -0.2) is 30.8 Å². The van der Waals surface area contributed by atoms with Crippen molar-refractivity contribution in [3.8, 4) is 5.75 Å². The molecule has 0 saturated heterocycles. The molecule has 10 heteroatoms. The Balaban J connectivity index is 0.00000300. The van der Waals surface area contributed by atoms with E-state index < -0.39 is 10.0 Å². The number of benzene rings is 2. The fourth-order valence-corrected chi connectivity index (χ4v) is 3.56. The molecule has 0 unspecified atom stereocenters. The summed E-state index contributed by atoms with van der Waals surface area (Å²) >= 11 is 0. The summed E-state index contributed by atoms with van der Waals surface area (Å²) in [6.45, 7) is 0.459. The summed E-state index contributed by atoms with van der Waals surface area (Å²) in [5, 5.41) is 3.45. The molecule has 2 aromatic carbocycles. The smallest absolute Gasteiger partial charge is 0.280 e. The predicted molar refractivity (Wildman–Crippen MR) is 115 cm³/mol. The van der Waals surface area contributed by atoms with E-state index in [1.54, 1.807) is 42.1 Å². The molecule has 1 aromatic heterocycles.